The highest BCUT2D eigenvalue weighted by atomic mass is 16.4. The van der Waals surface area contributed by atoms with Crippen LogP contribution in [0.5, 0.6) is 0 Å². The van der Waals surface area contributed by atoms with Crippen LogP contribution in [0.3, 0.4) is 0 Å². The van der Waals surface area contributed by atoms with E-state index in [0.717, 1.165) is 84.0 Å². The zero-order valence-corrected chi connectivity index (χ0v) is 34.3. The van der Waals surface area contributed by atoms with Crippen molar-refractivity contribution in [2.75, 3.05) is 0 Å². The van der Waals surface area contributed by atoms with E-state index in [1.54, 1.807) is 0 Å². The number of aliphatic carboxylic acids is 3. The topological polar surface area (TPSA) is 149 Å². The molecule has 0 heterocycles. The molecule has 0 spiro atoms. The van der Waals surface area contributed by atoms with E-state index in [2.05, 4.69) is 20.8 Å². The van der Waals surface area contributed by atoms with Crippen molar-refractivity contribution in [2.45, 2.75) is 245 Å². The maximum atomic E-state index is 13.5. The van der Waals surface area contributed by atoms with E-state index in [4.69, 9.17) is 0 Å². The molecule has 0 aliphatic carbocycles. The van der Waals surface area contributed by atoms with Crippen molar-refractivity contribution in [1.29, 1.82) is 0 Å². The molecule has 0 saturated heterocycles. The van der Waals surface area contributed by atoms with Crippen LogP contribution in [-0.4, -0.2) is 49.7 Å². The number of hydrogen-bond donors (Lipinski definition) is 4. The number of carboxylic acids is 3. The van der Waals surface area contributed by atoms with Gasteiger partial charge in [0.25, 0.3) is 0 Å². The summed E-state index contributed by atoms with van der Waals surface area (Å²) >= 11 is 0. The standard InChI is InChI=1S/C44H82O8/c1-5-8-11-14-17-20-23-26-29-32-35-42(39(46)47,36-33-30-27-24-21-18-15-12-9-6-2)44(52,41(50)51)43(38(4)45,40(48)49)37-34-31-28-25-22-19-16-13-10-7-3/h52H,5-37H2,1-4H3,(H,46,47)(H,48,49)(H,50,51). The molecule has 8 nitrogen and oxygen atoms in total. The molecule has 0 fully saturated rings. The number of rotatable bonds is 39. The highest BCUT2D eigenvalue weighted by Gasteiger charge is 2.74. The normalized spacial score (nSPS) is 14.2. The minimum atomic E-state index is -3.32. The van der Waals surface area contributed by atoms with E-state index in [0.29, 0.717) is 32.1 Å². The zero-order chi connectivity index (χ0) is 39.1. The van der Waals surface area contributed by atoms with Gasteiger partial charge in [-0.25, -0.2) is 4.79 Å². The Hall–Kier alpha value is -1.96. The third kappa shape index (κ3) is 17.0. The molecule has 0 amide bonds. The van der Waals surface area contributed by atoms with Gasteiger partial charge in [0.2, 0.25) is 5.60 Å². The van der Waals surface area contributed by atoms with E-state index in [1.807, 2.05) is 0 Å². The summed E-state index contributed by atoms with van der Waals surface area (Å²) in [5.74, 6) is -6.21. The number of carbonyl (C=O) groups excluding carboxylic acids is 1. The number of hydrogen-bond acceptors (Lipinski definition) is 5. The average molecular weight is 739 g/mol. The molecular formula is C44H82O8. The Labute approximate surface area is 318 Å². The summed E-state index contributed by atoms with van der Waals surface area (Å²) in [7, 11) is 0. The van der Waals surface area contributed by atoms with Gasteiger partial charge in [-0.3, -0.25) is 14.4 Å². The molecule has 0 saturated carbocycles. The molecule has 0 bridgehead atoms. The molecular weight excluding hydrogens is 656 g/mol. The number of aliphatic hydroxyl groups is 1. The number of unbranched alkanes of at least 4 members (excludes halogenated alkanes) is 27. The van der Waals surface area contributed by atoms with Gasteiger partial charge in [0, 0.05) is 0 Å². The van der Waals surface area contributed by atoms with Crippen molar-refractivity contribution >= 4 is 23.7 Å². The van der Waals surface area contributed by atoms with E-state index in [-0.39, 0.29) is 19.3 Å². The van der Waals surface area contributed by atoms with E-state index < -0.39 is 46.5 Å². The van der Waals surface area contributed by atoms with Gasteiger partial charge in [-0.2, -0.15) is 0 Å². The highest BCUT2D eigenvalue weighted by molar-refractivity contribution is 6.10. The lowest BCUT2D eigenvalue weighted by molar-refractivity contribution is -0.223. The summed E-state index contributed by atoms with van der Waals surface area (Å²) in [5, 5.41) is 44.9. The second-order valence-electron chi connectivity index (χ2n) is 16.0. The monoisotopic (exact) mass is 739 g/mol. The first-order valence-corrected chi connectivity index (χ1v) is 21.9. The second-order valence-corrected chi connectivity index (χ2v) is 16.0. The lowest BCUT2D eigenvalue weighted by atomic mass is 9.52. The highest BCUT2D eigenvalue weighted by Crippen LogP contribution is 2.54. The van der Waals surface area contributed by atoms with Crippen molar-refractivity contribution in [3.05, 3.63) is 0 Å². The Morgan fingerprint density at radius 2 is 0.615 bits per heavy atom. The van der Waals surface area contributed by atoms with Crippen LogP contribution in [0.15, 0.2) is 0 Å². The lowest BCUT2D eigenvalue weighted by Crippen LogP contribution is -2.71. The van der Waals surface area contributed by atoms with E-state index >= 15 is 0 Å². The fourth-order valence-corrected chi connectivity index (χ4v) is 8.38. The molecule has 4 N–H and O–H groups in total. The van der Waals surface area contributed by atoms with Crippen LogP contribution in [-0.2, 0) is 19.2 Å². The quantitative estimate of drug-likeness (QED) is 0.0359. The summed E-state index contributed by atoms with van der Waals surface area (Å²) < 4.78 is 0. The molecule has 0 radical (unpaired) electrons. The molecule has 0 aliphatic rings. The van der Waals surface area contributed by atoms with Crippen molar-refractivity contribution in [3.63, 3.8) is 0 Å². The van der Waals surface area contributed by atoms with Gasteiger partial charge in [-0.15, -0.1) is 0 Å². The Balaban J connectivity index is 6.08. The molecule has 306 valence electrons. The van der Waals surface area contributed by atoms with Gasteiger partial charge in [-0.05, 0) is 26.2 Å². The molecule has 0 aromatic heterocycles. The van der Waals surface area contributed by atoms with Crippen LogP contribution in [0.1, 0.15) is 240 Å². The fraction of sp³-hybridized carbons (Fsp3) is 0.909. The number of ketones is 1. The summed E-state index contributed by atoms with van der Waals surface area (Å²) in [6.07, 6.45) is 28.5. The van der Waals surface area contributed by atoms with Gasteiger partial charge in [-0.1, -0.05) is 213 Å². The molecule has 0 rings (SSSR count). The largest absolute Gasteiger partial charge is 0.481 e. The SMILES string of the molecule is CCCCCCCCCCCCC(CCCCCCCCCCCC)(C(=O)O)C(O)(C(=O)O)C(CCCCCCCCCCCC)(C(C)=O)C(=O)O. The number of carbonyl (C=O) groups is 4. The predicted octanol–water partition coefficient (Wildman–Crippen LogP) is 12.5. The van der Waals surface area contributed by atoms with Gasteiger partial charge < -0.3 is 20.4 Å². The number of carboxylic acid groups (broad SMARTS) is 3. The van der Waals surface area contributed by atoms with Crippen molar-refractivity contribution in [2.24, 2.45) is 10.8 Å². The summed E-state index contributed by atoms with van der Waals surface area (Å²) in [4.78, 5) is 53.5. The second kappa shape index (κ2) is 30.4. The third-order valence-electron chi connectivity index (χ3n) is 11.8. The van der Waals surface area contributed by atoms with Gasteiger partial charge in [0.1, 0.15) is 5.41 Å². The van der Waals surface area contributed by atoms with Crippen LogP contribution in [0.4, 0.5) is 0 Å². The first kappa shape index (κ1) is 50.0. The fourth-order valence-electron chi connectivity index (χ4n) is 8.38. The molecule has 2 unspecified atom stereocenters. The van der Waals surface area contributed by atoms with E-state index in [1.165, 1.54) is 77.0 Å². The summed E-state index contributed by atoms with van der Waals surface area (Å²) in [6.45, 7) is 7.56. The minimum absolute atomic E-state index is 0.195. The third-order valence-corrected chi connectivity index (χ3v) is 11.8. The molecule has 52 heavy (non-hydrogen) atoms. The van der Waals surface area contributed by atoms with E-state index in [9.17, 15) is 39.6 Å². The first-order valence-electron chi connectivity index (χ1n) is 21.9. The molecule has 0 aromatic rings. The maximum Gasteiger partial charge on any atom is 0.338 e. The first-order chi connectivity index (χ1) is 25.0. The molecule has 0 aliphatic heterocycles. The molecule has 0 aromatic carbocycles. The smallest absolute Gasteiger partial charge is 0.338 e. The van der Waals surface area contributed by atoms with Crippen LogP contribution in [0.25, 0.3) is 0 Å². The summed E-state index contributed by atoms with van der Waals surface area (Å²) in [6, 6.07) is 0. The lowest BCUT2D eigenvalue weighted by Gasteiger charge is -2.50. The Kier molecular flexibility index (Phi) is 29.2. The molecule has 2 atom stereocenters. The van der Waals surface area contributed by atoms with Crippen LogP contribution in [0.2, 0.25) is 0 Å². The Morgan fingerprint density at radius 1 is 0.365 bits per heavy atom. The van der Waals surface area contributed by atoms with Crippen molar-refractivity contribution < 1.29 is 39.6 Å². The number of Topliss-reactive ketones (excluding diaryl/α,β-unsaturated/α-hetero) is 1. The predicted molar refractivity (Wildman–Crippen MR) is 213 cm³/mol. The maximum absolute atomic E-state index is 13.5. The Bertz CT molecular complexity index is 909. The van der Waals surface area contributed by atoms with Gasteiger partial charge >= 0.3 is 17.9 Å². The van der Waals surface area contributed by atoms with Gasteiger partial charge in [0.15, 0.2) is 11.2 Å². The summed E-state index contributed by atoms with van der Waals surface area (Å²) in [5.41, 5.74) is -8.43. The Morgan fingerprint density at radius 3 is 0.827 bits per heavy atom. The average Bonchev–Trinajstić information content (AvgIpc) is 3.10. The zero-order valence-electron chi connectivity index (χ0n) is 34.3. The molecule has 8 heteroatoms. The van der Waals surface area contributed by atoms with Crippen molar-refractivity contribution in [1.82, 2.24) is 0 Å². The van der Waals surface area contributed by atoms with Gasteiger partial charge in [0.05, 0.1) is 0 Å². The van der Waals surface area contributed by atoms with Crippen LogP contribution in [0, 0.1) is 10.8 Å². The van der Waals surface area contributed by atoms with Crippen molar-refractivity contribution in [3.8, 4) is 0 Å². The van der Waals surface area contributed by atoms with Crippen LogP contribution >= 0.6 is 0 Å². The van der Waals surface area contributed by atoms with Crippen LogP contribution < -0.4 is 0 Å². The minimum Gasteiger partial charge on any atom is -0.481 e.